The standard InChI is InChI=1S/C18H25N3O3/c1-11-16(24-10-19-11)17(23)21-13-8-18(3)14(20(9-13)12(2)22)6-4-5-7-15(18)21/h10,13-15H,4-9H2,1-3H3/t13-,14+,15-,18+/m0/s1. The van der Waals surface area contributed by atoms with Crippen molar-refractivity contribution in [1.82, 2.24) is 14.8 Å². The molecule has 3 heterocycles. The van der Waals surface area contributed by atoms with Gasteiger partial charge in [0.2, 0.25) is 11.7 Å². The van der Waals surface area contributed by atoms with Crippen LogP contribution in [-0.2, 0) is 4.79 Å². The number of fused-ring (bicyclic) bond motifs is 1. The van der Waals surface area contributed by atoms with Gasteiger partial charge in [-0.1, -0.05) is 19.8 Å². The van der Waals surface area contributed by atoms with Gasteiger partial charge in [0.25, 0.3) is 5.91 Å². The summed E-state index contributed by atoms with van der Waals surface area (Å²) in [6.07, 6.45) is 6.59. The lowest BCUT2D eigenvalue weighted by Crippen LogP contribution is -2.55. The zero-order valence-electron chi connectivity index (χ0n) is 14.6. The monoisotopic (exact) mass is 331 g/mol. The van der Waals surface area contributed by atoms with E-state index in [9.17, 15) is 9.59 Å². The zero-order chi connectivity index (χ0) is 17.1. The van der Waals surface area contributed by atoms with E-state index in [4.69, 9.17) is 4.42 Å². The minimum atomic E-state index is -0.0604. The molecule has 2 amide bonds. The summed E-state index contributed by atoms with van der Waals surface area (Å²) >= 11 is 0. The molecule has 0 radical (unpaired) electrons. The minimum Gasteiger partial charge on any atom is -0.438 e. The summed E-state index contributed by atoms with van der Waals surface area (Å²) in [4.78, 5) is 33.5. The van der Waals surface area contributed by atoms with E-state index in [1.54, 1.807) is 13.8 Å². The Morgan fingerprint density at radius 1 is 1.29 bits per heavy atom. The van der Waals surface area contributed by atoms with Crippen molar-refractivity contribution in [2.75, 3.05) is 6.54 Å². The van der Waals surface area contributed by atoms with E-state index in [1.165, 1.54) is 6.39 Å². The van der Waals surface area contributed by atoms with Crippen molar-refractivity contribution >= 4 is 11.8 Å². The number of aromatic nitrogens is 1. The molecule has 0 spiro atoms. The topological polar surface area (TPSA) is 66.7 Å². The van der Waals surface area contributed by atoms with Crippen molar-refractivity contribution in [3.8, 4) is 0 Å². The number of likely N-dealkylation sites (tertiary alicyclic amines) is 2. The molecule has 3 fully saturated rings. The molecule has 6 nitrogen and oxygen atoms in total. The van der Waals surface area contributed by atoms with E-state index in [0.717, 1.165) is 32.1 Å². The lowest BCUT2D eigenvalue weighted by atomic mass is 9.71. The highest BCUT2D eigenvalue weighted by Gasteiger charge is 2.60. The van der Waals surface area contributed by atoms with E-state index in [1.807, 2.05) is 9.80 Å². The number of piperidine rings is 1. The molecule has 0 unspecified atom stereocenters. The normalized spacial score (nSPS) is 35.0. The van der Waals surface area contributed by atoms with Crippen LogP contribution in [0.1, 0.15) is 62.2 Å². The average molecular weight is 331 g/mol. The first-order valence-corrected chi connectivity index (χ1v) is 8.93. The maximum atomic E-state index is 13.2. The van der Waals surface area contributed by atoms with E-state index >= 15 is 0 Å². The molecule has 4 rings (SSSR count). The van der Waals surface area contributed by atoms with Crippen molar-refractivity contribution < 1.29 is 14.0 Å². The second-order valence-electron chi connectivity index (χ2n) is 7.83. The molecule has 24 heavy (non-hydrogen) atoms. The van der Waals surface area contributed by atoms with Gasteiger partial charge in [-0.25, -0.2) is 4.98 Å². The van der Waals surface area contributed by atoms with Crippen LogP contribution in [0.25, 0.3) is 0 Å². The van der Waals surface area contributed by atoms with Gasteiger partial charge in [-0.05, 0) is 26.2 Å². The first kappa shape index (κ1) is 15.7. The van der Waals surface area contributed by atoms with E-state index in [0.29, 0.717) is 18.0 Å². The summed E-state index contributed by atoms with van der Waals surface area (Å²) in [6, 6.07) is 0.499. The maximum absolute atomic E-state index is 13.2. The van der Waals surface area contributed by atoms with E-state index in [2.05, 4.69) is 11.9 Å². The van der Waals surface area contributed by atoms with Gasteiger partial charge in [0, 0.05) is 31.0 Å². The van der Waals surface area contributed by atoms with Crippen molar-refractivity contribution in [3.63, 3.8) is 0 Å². The summed E-state index contributed by atoms with van der Waals surface area (Å²) in [5.74, 6) is 0.415. The molecule has 130 valence electrons. The van der Waals surface area contributed by atoms with Crippen molar-refractivity contribution in [2.45, 2.75) is 71.0 Å². The molecule has 3 aliphatic rings. The summed E-state index contributed by atoms with van der Waals surface area (Å²) in [5, 5.41) is 0. The fourth-order valence-electron chi connectivity index (χ4n) is 5.44. The second kappa shape index (κ2) is 5.33. The molecule has 1 saturated carbocycles. The number of oxazole rings is 1. The van der Waals surface area contributed by atoms with Gasteiger partial charge in [-0.2, -0.15) is 0 Å². The highest BCUT2D eigenvalue weighted by atomic mass is 16.3. The largest absolute Gasteiger partial charge is 0.438 e. The number of amides is 2. The average Bonchev–Trinajstić information content (AvgIpc) is 3.00. The molecule has 2 saturated heterocycles. The van der Waals surface area contributed by atoms with Crippen molar-refractivity contribution in [1.29, 1.82) is 0 Å². The first-order chi connectivity index (χ1) is 11.4. The van der Waals surface area contributed by atoms with Crippen LogP contribution in [0.3, 0.4) is 0 Å². The van der Waals surface area contributed by atoms with Crippen molar-refractivity contribution in [3.05, 3.63) is 17.8 Å². The third-order valence-electron chi connectivity index (χ3n) is 6.49. The Bertz CT molecular complexity index is 685. The molecule has 1 aromatic heterocycles. The Morgan fingerprint density at radius 3 is 2.62 bits per heavy atom. The van der Waals surface area contributed by atoms with Crippen LogP contribution in [-0.4, -0.2) is 51.3 Å². The predicted molar refractivity (Wildman–Crippen MR) is 87.4 cm³/mol. The number of carbonyl (C=O) groups is 2. The molecule has 0 N–H and O–H groups in total. The first-order valence-electron chi connectivity index (χ1n) is 8.93. The van der Waals surface area contributed by atoms with Crippen LogP contribution in [0.5, 0.6) is 0 Å². The van der Waals surface area contributed by atoms with Gasteiger partial charge in [-0.15, -0.1) is 0 Å². The third kappa shape index (κ3) is 2.04. The molecule has 1 aliphatic carbocycles. The highest BCUT2D eigenvalue weighted by Crippen LogP contribution is 2.53. The van der Waals surface area contributed by atoms with Crippen LogP contribution < -0.4 is 0 Å². The van der Waals surface area contributed by atoms with Gasteiger partial charge < -0.3 is 14.2 Å². The Kier molecular flexibility index (Phi) is 3.48. The SMILES string of the molecule is CC(=O)N1C[C@@H]2C[C@@]3(C)[C@H](CCCC[C@@H]13)N2C(=O)c1ocnc1C. The van der Waals surface area contributed by atoms with E-state index < -0.39 is 0 Å². The molecule has 6 heteroatoms. The fraction of sp³-hybridized carbons (Fsp3) is 0.722. The molecule has 4 atom stereocenters. The summed E-state index contributed by atoms with van der Waals surface area (Å²) in [6.45, 7) is 6.38. The summed E-state index contributed by atoms with van der Waals surface area (Å²) in [7, 11) is 0. The Balaban J connectivity index is 1.76. The number of rotatable bonds is 1. The number of carbonyl (C=O) groups excluding carboxylic acids is 2. The van der Waals surface area contributed by atoms with Crippen LogP contribution in [0.4, 0.5) is 0 Å². The van der Waals surface area contributed by atoms with Crippen LogP contribution in [0.15, 0.2) is 10.8 Å². The quantitative estimate of drug-likeness (QED) is 0.792. The zero-order valence-corrected chi connectivity index (χ0v) is 14.6. The molecular formula is C18H25N3O3. The molecule has 0 aromatic carbocycles. The highest BCUT2D eigenvalue weighted by molar-refractivity contribution is 5.93. The second-order valence-corrected chi connectivity index (χ2v) is 7.83. The van der Waals surface area contributed by atoms with Crippen molar-refractivity contribution in [2.24, 2.45) is 5.41 Å². The number of aryl methyl sites for hydroxylation is 1. The van der Waals surface area contributed by atoms with Crippen LogP contribution in [0, 0.1) is 12.3 Å². The molecule has 2 bridgehead atoms. The third-order valence-corrected chi connectivity index (χ3v) is 6.49. The van der Waals surface area contributed by atoms with Crippen LogP contribution in [0.2, 0.25) is 0 Å². The molecular weight excluding hydrogens is 306 g/mol. The van der Waals surface area contributed by atoms with Gasteiger partial charge in [-0.3, -0.25) is 9.59 Å². The Labute approximate surface area is 142 Å². The Hall–Kier alpha value is -1.85. The van der Waals surface area contributed by atoms with Gasteiger partial charge in [0.1, 0.15) is 0 Å². The van der Waals surface area contributed by atoms with Gasteiger partial charge in [0.15, 0.2) is 6.39 Å². The number of hydrogen-bond acceptors (Lipinski definition) is 4. The van der Waals surface area contributed by atoms with Gasteiger partial charge in [0.05, 0.1) is 11.7 Å². The maximum Gasteiger partial charge on any atom is 0.292 e. The number of hydrogen-bond donors (Lipinski definition) is 0. The van der Waals surface area contributed by atoms with Gasteiger partial charge >= 0.3 is 0 Å². The predicted octanol–water partition coefficient (Wildman–Crippen LogP) is 2.38. The molecule has 2 aliphatic heterocycles. The lowest BCUT2D eigenvalue weighted by molar-refractivity contribution is -0.136. The smallest absolute Gasteiger partial charge is 0.292 e. The fourth-order valence-corrected chi connectivity index (χ4v) is 5.44. The lowest BCUT2D eigenvalue weighted by Gasteiger charge is -2.46. The van der Waals surface area contributed by atoms with E-state index in [-0.39, 0.29) is 35.4 Å². The minimum absolute atomic E-state index is 0.0192. The number of nitrogens with zero attached hydrogens (tertiary/aromatic N) is 3. The summed E-state index contributed by atoms with van der Waals surface area (Å²) < 4.78 is 5.38. The van der Waals surface area contributed by atoms with Crippen LogP contribution >= 0.6 is 0 Å². The summed E-state index contributed by atoms with van der Waals surface area (Å²) in [5.41, 5.74) is 0.620. The Morgan fingerprint density at radius 2 is 2.00 bits per heavy atom. The molecule has 1 aromatic rings.